The molecule has 2 rings (SSSR count). The van der Waals surface area contributed by atoms with Crippen LogP contribution < -0.4 is 0 Å². The third-order valence-corrected chi connectivity index (χ3v) is 5.17. The lowest BCUT2D eigenvalue weighted by Crippen LogP contribution is -2.38. The quantitative estimate of drug-likeness (QED) is 0.843. The molecule has 0 aromatic heterocycles. The largest absolute Gasteiger partial charge is 0.481 e. The first-order valence-electron chi connectivity index (χ1n) is 8.08. The summed E-state index contributed by atoms with van der Waals surface area (Å²) in [5.74, 6) is -0.402. The van der Waals surface area contributed by atoms with Gasteiger partial charge in [0.1, 0.15) is 0 Å². The second kappa shape index (κ2) is 6.59. The van der Waals surface area contributed by atoms with Gasteiger partial charge in [0.25, 0.3) is 0 Å². The highest BCUT2D eigenvalue weighted by atomic mass is 16.4. The molecule has 4 atom stereocenters. The van der Waals surface area contributed by atoms with Crippen LogP contribution in [0, 0.1) is 23.7 Å². The summed E-state index contributed by atoms with van der Waals surface area (Å²) in [5.41, 5.74) is 0. The van der Waals surface area contributed by atoms with E-state index in [2.05, 4.69) is 13.8 Å². The second-order valence-corrected chi connectivity index (χ2v) is 6.52. The molecule has 114 valence electrons. The summed E-state index contributed by atoms with van der Waals surface area (Å²) in [6.45, 7) is 5.92. The Hall–Kier alpha value is -1.06. The van der Waals surface area contributed by atoms with Crippen molar-refractivity contribution in [2.24, 2.45) is 23.7 Å². The fraction of sp³-hybridized carbons (Fsp3) is 0.875. The maximum atomic E-state index is 12.6. The van der Waals surface area contributed by atoms with Crippen LogP contribution in [0.4, 0.5) is 0 Å². The van der Waals surface area contributed by atoms with E-state index in [-0.39, 0.29) is 11.8 Å². The van der Waals surface area contributed by atoms with Crippen molar-refractivity contribution >= 4 is 11.9 Å². The maximum Gasteiger partial charge on any atom is 0.307 e. The molecule has 0 radical (unpaired) electrons. The molecule has 1 aliphatic carbocycles. The maximum absolute atomic E-state index is 12.6. The molecule has 1 N–H and O–H groups in total. The lowest BCUT2D eigenvalue weighted by Gasteiger charge is -2.23. The van der Waals surface area contributed by atoms with E-state index in [4.69, 9.17) is 0 Å². The van der Waals surface area contributed by atoms with Gasteiger partial charge in [0.05, 0.1) is 11.8 Å². The Morgan fingerprint density at radius 1 is 1.15 bits per heavy atom. The third-order valence-electron chi connectivity index (χ3n) is 5.17. The summed E-state index contributed by atoms with van der Waals surface area (Å²) < 4.78 is 0. The Balaban J connectivity index is 1.99. The number of aliphatic carboxylic acids is 1. The van der Waals surface area contributed by atoms with E-state index < -0.39 is 11.9 Å². The number of hydrogen-bond acceptors (Lipinski definition) is 2. The molecule has 2 aliphatic rings. The van der Waals surface area contributed by atoms with Crippen LogP contribution in [0.5, 0.6) is 0 Å². The smallest absolute Gasteiger partial charge is 0.307 e. The van der Waals surface area contributed by atoms with Crippen molar-refractivity contribution in [1.29, 1.82) is 0 Å². The first-order valence-corrected chi connectivity index (χ1v) is 8.08. The minimum atomic E-state index is -0.788. The molecule has 4 nitrogen and oxygen atoms in total. The predicted molar refractivity (Wildman–Crippen MR) is 77.2 cm³/mol. The zero-order valence-electron chi connectivity index (χ0n) is 12.7. The number of carbonyl (C=O) groups excluding carboxylic acids is 1. The Kier molecular flexibility index (Phi) is 5.06. The molecule has 4 unspecified atom stereocenters. The van der Waals surface area contributed by atoms with Gasteiger partial charge in [-0.25, -0.2) is 0 Å². The number of likely N-dealkylation sites (tertiary alicyclic amines) is 1. The van der Waals surface area contributed by atoms with Gasteiger partial charge in [0.2, 0.25) is 5.91 Å². The average Bonchev–Trinajstić information content (AvgIpc) is 3.04. The molecule has 4 heteroatoms. The lowest BCUT2D eigenvalue weighted by atomic mass is 9.95. The molecule has 1 saturated carbocycles. The van der Waals surface area contributed by atoms with Gasteiger partial charge in [-0.3, -0.25) is 9.59 Å². The fourth-order valence-electron chi connectivity index (χ4n) is 3.93. The first-order chi connectivity index (χ1) is 9.56. The SMILES string of the molecule is CCCC1CCN(C(=O)C2CC(CC)CC2C(=O)O)C1. The number of carboxylic acid groups (broad SMARTS) is 1. The third kappa shape index (κ3) is 3.15. The molecule has 0 bridgehead atoms. The summed E-state index contributed by atoms with van der Waals surface area (Å²) in [5, 5.41) is 9.35. The monoisotopic (exact) mass is 281 g/mol. The van der Waals surface area contributed by atoms with E-state index in [1.807, 2.05) is 4.90 Å². The van der Waals surface area contributed by atoms with E-state index in [0.717, 1.165) is 38.8 Å². The van der Waals surface area contributed by atoms with Crippen LogP contribution in [-0.4, -0.2) is 35.0 Å². The molecule has 1 saturated heterocycles. The predicted octanol–water partition coefficient (Wildman–Crippen LogP) is 2.77. The van der Waals surface area contributed by atoms with Crippen molar-refractivity contribution < 1.29 is 14.7 Å². The van der Waals surface area contributed by atoms with Crippen LogP contribution in [0.25, 0.3) is 0 Å². The highest BCUT2D eigenvalue weighted by molar-refractivity contribution is 5.85. The number of nitrogens with zero attached hydrogens (tertiary/aromatic N) is 1. The van der Waals surface area contributed by atoms with Gasteiger partial charge in [-0.15, -0.1) is 0 Å². The number of hydrogen-bond donors (Lipinski definition) is 1. The van der Waals surface area contributed by atoms with Gasteiger partial charge in [-0.05, 0) is 37.5 Å². The van der Waals surface area contributed by atoms with Gasteiger partial charge >= 0.3 is 5.97 Å². The molecule has 0 spiro atoms. The summed E-state index contributed by atoms with van der Waals surface area (Å²) in [6, 6.07) is 0. The number of amides is 1. The molecule has 1 heterocycles. The molecular weight excluding hydrogens is 254 g/mol. The van der Waals surface area contributed by atoms with Crippen LogP contribution in [0.2, 0.25) is 0 Å². The zero-order chi connectivity index (χ0) is 14.7. The van der Waals surface area contributed by atoms with Gasteiger partial charge in [-0.1, -0.05) is 26.7 Å². The minimum absolute atomic E-state index is 0.104. The summed E-state index contributed by atoms with van der Waals surface area (Å²) in [7, 11) is 0. The Morgan fingerprint density at radius 3 is 2.45 bits per heavy atom. The molecule has 0 aromatic carbocycles. The van der Waals surface area contributed by atoms with Crippen LogP contribution in [0.15, 0.2) is 0 Å². The minimum Gasteiger partial charge on any atom is -0.481 e. The molecule has 20 heavy (non-hydrogen) atoms. The number of carboxylic acids is 1. The van der Waals surface area contributed by atoms with Crippen molar-refractivity contribution in [1.82, 2.24) is 4.90 Å². The molecular formula is C16H27NO3. The van der Waals surface area contributed by atoms with Crippen molar-refractivity contribution in [2.75, 3.05) is 13.1 Å². The van der Waals surface area contributed by atoms with Crippen molar-refractivity contribution in [2.45, 2.75) is 52.4 Å². The molecule has 0 aromatic rings. The van der Waals surface area contributed by atoms with Gasteiger partial charge in [0.15, 0.2) is 0 Å². The normalized spacial score (nSPS) is 33.6. The second-order valence-electron chi connectivity index (χ2n) is 6.52. The standard InChI is InChI=1S/C16H27NO3/c1-3-5-12-6-7-17(10-12)15(18)13-8-11(4-2)9-14(13)16(19)20/h11-14H,3-10H2,1-2H3,(H,19,20). The highest BCUT2D eigenvalue weighted by Crippen LogP contribution is 2.40. The van der Waals surface area contributed by atoms with Crippen molar-refractivity contribution in [3.8, 4) is 0 Å². The summed E-state index contributed by atoms with van der Waals surface area (Å²) in [4.78, 5) is 26.0. The zero-order valence-corrected chi connectivity index (χ0v) is 12.7. The van der Waals surface area contributed by atoms with Crippen LogP contribution >= 0.6 is 0 Å². The number of rotatable bonds is 5. The van der Waals surface area contributed by atoms with E-state index >= 15 is 0 Å². The summed E-state index contributed by atoms with van der Waals surface area (Å²) in [6.07, 6.45) is 5.84. The molecule has 1 aliphatic heterocycles. The first kappa shape index (κ1) is 15.3. The highest BCUT2D eigenvalue weighted by Gasteiger charge is 2.44. The van der Waals surface area contributed by atoms with Crippen molar-refractivity contribution in [3.05, 3.63) is 0 Å². The van der Waals surface area contributed by atoms with Crippen LogP contribution in [-0.2, 0) is 9.59 Å². The Labute approximate surface area is 121 Å². The van der Waals surface area contributed by atoms with E-state index in [1.165, 1.54) is 6.42 Å². The van der Waals surface area contributed by atoms with Gasteiger partial charge < -0.3 is 10.0 Å². The van der Waals surface area contributed by atoms with E-state index in [0.29, 0.717) is 18.3 Å². The van der Waals surface area contributed by atoms with Crippen molar-refractivity contribution in [3.63, 3.8) is 0 Å². The summed E-state index contributed by atoms with van der Waals surface area (Å²) >= 11 is 0. The molecule has 2 fully saturated rings. The Bertz CT molecular complexity index is 369. The van der Waals surface area contributed by atoms with E-state index in [9.17, 15) is 14.7 Å². The lowest BCUT2D eigenvalue weighted by molar-refractivity contribution is -0.148. The Morgan fingerprint density at radius 2 is 1.85 bits per heavy atom. The fourth-order valence-corrected chi connectivity index (χ4v) is 3.93. The topological polar surface area (TPSA) is 57.6 Å². The molecule has 1 amide bonds. The average molecular weight is 281 g/mol. The van der Waals surface area contributed by atoms with Gasteiger partial charge in [0, 0.05) is 13.1 Å². The van der Waals surface area contributed by atoms with Crippen LogP contribution in [0.3, 0.4) is 0 Å². The number of carbonyl (C=O) groups is 2. The van der Waals surface area contributed by atoms with Gasteiger partial charge in [-0.2, -0.15) is 0 Å². The van der Waals surface area contributed by atoms with Crippen LogP contribution in [0.1, 0.15) is 52.4 Å². The van der Waals surface area contributed by atoms with E-state index in [1.54, 1.807) is 0 Å².